The van der Waals surface area contributed by atoms with Crippen LogP contribution in [0.15, 0.2) is 48.8 Å². The molecule has 0 saturated heterocycles. The number of nitrogens with zero attached hydrogens (tertiary/aromatic N) is 2. The summed E-state index contributed by atoms with van der Waals surface area (Å²) in [7, 11) is 3.08. The van der Waals surface area contributed by atoms with Crippen molar-refractivity contribution in [2.24, 2.45) is 0 Å². The predicted octanol–water partition coefficient (Wildman–Crippen LogP) is 4.45. The van der Waals surface area contributed by atoms with Crippen molar-refractivity contribution in [2.75, 3.05) is 24.9 Å². The van der Waals surface area contributed by atoms with E-state index in [4.69, 9.17) is 21.1 Å². The third-order valence-corrected chi connectivity index (χ3v) is 4.49. The van der Waals surface area contributed by atoms with Crippen LogP contribution in [0.5, 0.6) is 11.5 Å². The summed E-state index contributed by atoms with van der Waals surface area (Å²) in [6, 6.07) is 10.6. The third-order valence-electron chi connectivity index (χ3n) is 4.09. The Labute approximate surface area is 167 Å². The van der Waals surface area contributed by atoms with Crippen molar-refractivity contribution in [1.82, 2.24) is 9.97 Å². The second-order valence-electron chi connectivity index (χ2n) is 5.85. The number of hydrogen-bond donors (Lipinski definition) is 2. The van der Waals surface area contributed by atoms with E-state index in [2.05, 4.69) is 20.6 Å². The number of anilines is 3. The van der Waals surface area contributed by atoms with Crippen molar-refractivity contribution >= 4 is 34.8 Å². The van der Waals surface area contributed by atoms with Crippen molar-refractivity contribution in [1.29, 1.82) is 0 Å². The SMILES string of the molecule is COc1ccc(NC(=O)c2cnc(Nc3cccc(Cl)c3C)nc2)c(OC)c1. The first-order chi connectivity index (χ1) is 13.5. The van der Waals surface area contributed by atoms with Gasteiger partial charge >= 0.3 is 0 Å². The number of ether oxygens (including phenoxy) is 2. The molecule has 2 aromatic carbocycles. The molecule has 144 valence electrons. The molecule has 1 aromatic heterocycles. The van der Waals surface area contributed by atoms with E-state index in [1.807, 2.05) is 25.1 Å². The number of nitrogens with one attached hydrogen (secondary N) is 2. The van der Waals surface area contributed by atoms with Crippen molar-refractivity contribution < 1.29 is 14.3 Å². The molecule has 1 amide bonds. The zero-order valence-corrected chi connectivity index (χ0v) is 16.4. The first-order valence-electron chi connectivity index (χ1n) is 8.39. The van der Waals surface area contributed by atoms with E-state index in [-0.39, 0.29) is 5.91 Å². The summed E-state index contributed by atoms with van der Waals surface area (Å²) in [5.74, 6) is 1.13. The topological polar surface area (TPSA) is 85.4 Å². The molecule has 0 aliphatic rings. The van der Waals surface area contributed by atoms with Gasteiger partial charge in [0.15, 0.2) is 0 Å². The zero-order chi connectivity index (χ0) is 20.1. The predicted molar refractivity (Wildman–Crippen MR) is 109 cm³/mol. The van der Waals surface area contributed by atoms with Crippen molar-refractivity contribution in [3.63, 3.8) is 0 Å². The molecular weight excluding hydrogens is 380 g/mol. The van der Waals surface area contributed by atoms with E-state index in [9.17, 15) is 4.79 Å². The van der Waals surface area contributed by atoms with Crippen LogP contribution in [0.3, 0.4) is 0 Å². The average molecular weight is 399 g/mol. The van der Waals surface area contributed by atoms with Gasteiger partial charge in [-0.05, 0) is 36.8 Å². The maximum absolute atomic E-state index is 12.5. The van der Waals surface area contributed by atoms with Gasteiger partial charge in [0.2, 0.25) is 5.95 Å². The van der Waals surface area contributed by atoms with E-state index in [0.29, 0.717) is 33.7 Å². The smallest absolute Gasteiger partial charge is 0.258 e. The molecule has 1 heterocycles. The van der Waals surface area contributed by atoms with Crippen LogP contribution in [0, 0.1) is 6.92 Å². The lowest BCUT2D eigenvalue weighted by molar-refractivity contribution is 0.102. The summed E-state index contributed by atoms with van der Waals surface area (Å²) in [5, 5.41) is 6.51. The third kappa shape index (κ3) is 4.32. The minimum Gasteiger partial charge on any atom is -0.497 e. The molecule has 0 bridgehead atoms. The minimum atomic E-state index is -0.353. The maximum atomic E-state index is 12.5. The van der Waals surface area contributed by atoms with E-state index in [1.54, 1.807) is 25.3 Å². The highest BCUT2D eigenvalue weighted by Crippen LogP contribution is 2.29. The van der Waals surface area contributed by atoms with E-state index < -0.39 is 0 Å². The van der Waals surface area contributed by atoms with Gasteiger partial charge in [-0.1, -0.05) is 17.7 Å². The highest BCUT2D eigenvalue weighted by Gasteiger charge is 2.12. The molecular formula is C20H19ClN4O3. The lowest BCUT2D eigenvalue weighted by Crippen LogP contribution is -2.14. The molecule has 3 aromatic rings. The Morgan fingerprint density at radius 2 is 1.79 bits per heavy atom. The largest absolute Gasteiger partial charge is 0.497 e. The van der Waals surface area contributed by atoms with E-state index >= 15 is 0 Å². The highest BCUT2D eigenvalue weighted by molar-refractivity contribution is 6.31. The van der Waals surface area contributed by atoms with Crippen molar-refractivity contribution in [2.45, 2.75) is 6.92 Å². The minimum absolute atomic E-state index is 0.311. The molecule has 0 atom stereocenters. The molecule has 0 fully saturated rings. The van der Waals surface area contributed by atoms with Crippen LogP contribution in [-0.2, 0) is 0 Å². The molecule has 2 N–H and O–H groups in total. The van der Waals surface area contributed by atoms with Gasteiger partial charge in [-0.15, -0.1) is 0 Å². The summed E-state index contributed by atoms with van der Waals surface area (Å²) in [4.78, 5) is 20.9. The van der Waals surface area contributed by atoms with Gasteiger partial charge in [-0.2, -0.15) is 0 Å². The normalized spacial score (nSPS) is 10.3. The molecule has 0 radical (unpaired) electrons. The molecule has 8 heteroatoms. The Hall–Kier alpha value is -3.32. The van der Waals surface area contributed by atoms with Crippen molar-refractivity contribution in [3.05, 3.63) is 64.9 Å². The van der Waals surface area contributed by atoms with Gasteiger partial charge in [0, 0.05) is 29.2 Å². The van der Waals surface area contributed by atoms with Crippen LogP contribution >= 0.6 is 11.6 Å². The molecule has 3 rings (SSSR count). The molecule has 0 aliphatic heterocycles. The van der Waals surface area contributed by atoms with Crippen LogP contribution in [0.4, 0.5) is 17.3 Å². The summed E-state index contributed by atoms with van der Waals surface area (Å²) in [5.41, 5.74) is 2.52. The van der Waals surface area contributed by atoms with Crippen LogP contribution < -0.4 is 20.1 Å². The summed E-state index contributed by atoms with van der Waals surface area (Å²) < 4.78 is 10.4. The Balaban J connectivity index is 1.73. The molecule has 0 unspecified atom stereocenters. The number of aromatic nitrogens is 2. The Kier molecular flexibility index (Phi) is 5.96. The number of hydrogen-bond acceptors (Lipinski definition) is 6. The number of benzene rings is 2. The van der Waals surface area contributed by atoms with E-state index in [1.165, 1.54) is 19.5 Å². The second-order valence-corrected chi connectivity index (χ2v) is 6.26. The monoisotopic (exact) mass is 398 g/mol. The fourth-order valence-electron chi connectivity index (χ4n) is 2.47. The molecule has 28 heavy (non-hydrogen) atoms. The van der Waals surface area contributed by atoms with Crippen LogP contribution in [0.1, 0.15) is 15.9 Å². The molecule has 0 saturated carbocycles. The number of carbonyl (C=O) groups excluding carboxylic acids is 1. The first kappa shape index (κ1) is 19.4. The van der Waals surface area contributed by atoms with Crippen LogP contribution in [0.25, 0.3) is 0 Å². The van der Waals surface area contributed by atoms with Gasteiger partial charge < -0.3 is 20.1 Å². The fraction of sp³-hybridized carbons (Fsp3) is 0.150. The van der Waals surface area contributed by atoms with Gasteiger partial charge in [0.25, 0.3) is 5.91 Å². The quantitative estimate of drug-likeness (QED) is 0.638. The van der Waals surface area contributed by atoms with Gasteiger partial charge in [0.05, 0.1) is 25.5 Å². The lowest BCUT2D eigenvalue weighted by Gasteiger charge is -2.12. The maximum Gasteiger partial charge on any atom is 0.258 e. The second kappa shape index (κ2) is 8.58. The lowest BCUT2D eigenvalue weighted by atomic mass is 10.2. The Morgan fingerprint density at radius 1 is 1.04 bits per heavy atom. The summed E-state index contributed by atoms with van der Waals surface area (Å²) >= 11 is 6.12. The van der Waals surface area contributed by atoms with Gasteiger partial charge in [0.1, 0.15) is 11.5 Å². The molecule has 0 spiro atoms. The van der Waals surface area contributed by atoms with Crippen LogP contribution in [0.2, 0.25) is 5.02 Å². The first-order valence-corrected chi connectivity index (χ1v) is 8.77. The van der Waals surface area contributed by atoms with Gasteiger partial charge in [-0.25, -0.2) is 9.97 Å². The number of carbonyl (C=O) groups is 1. The summed E-state index contributed by atoms with van der Waals surface area (Å²) in [6.45, 7) is 1.90. The standard InChI is InChI=1S/C20H19ClN4O3/c1-12-15(21)5-4-6-16(12)25-20-22-10-13(11-23-20)19(26)24-17-8-7-14(27-2)9-18(17)28-3/h4-11H,1-3H3,(H,24,26)(H,22,23,25). The number of amides is 1. The summed E-state index contributed by atoms with van der Waals surface area (Å²) in [6.07, 6.45) is 2.89. The molecule has 0 aliphatic carbocycles. The van der Waals surface area contributed by atoms with Crippen molar-refractivity contribution in [3.8, 4) is 11.5 Å². The van der Waals surface area contributed by atoms with Crippen LogP contribution in [-0.4, -0.2) is 30.1 Å². The highest BCUT2D eigenvalue weighted by atomic mass is 35.5. The van der Waals surface area contributed by atoms with E-state index in [0.717, 1.165) is 11.3 Å². The van der Waals surface area contributed by atoms with Gasteiger partial charge in [-0.3, -0.25) is 4.79 Å². The molecule has 7 nitrogen and oxygen atoms in total. The average Bonchev–Trinajstić information content (AvgIpc) is 2.72. The fourth-order valence-corrected chi connectivity index (χ4v) is 2.64. The Morgan fingerprint density at radius 3 is 2.46 bits per heavy atom. The Bertz CT molecular complexity index is 993. The zero-order valence-electron chi connectivity index (χ0n) is 15.6. The number of halogens is 1. The number of rotatable bonds is 6. The number of methoxy groups -OCH3 is 2.